The van der Waals surface area contributed by atoms with Gasteiger partial charge in [0.1, 0.15) is 5.75 Å². The first-order chi connectivity index (χ1) is 13.6. The van der Waals surface area contributed by atoms with Gasteiger partial charge in [-0.1, -0.05) is 0 Å². The summed E-state index contributed by atoms with van der Waals surface area (Å²) in [5.41, 5.74) is 1.26. The van der Waals surface area contributed by atoms with Crippen LogP contribution in [0.3, 0.4) is 0 Å². The third-order valence-corrected chi connectivity index (χ3v) is 5.95. The first kappa shape index (κ1) is 24.0. The van der Waals surface area contributed by atoms with E-state index in [2.05, 4.69) is 56.0 Å². The Bertz CT molecular complexity index is 625. The Morgan fingerprint density at radius 2 is 1.66 bits per heavy atom. The molecule has 2 aliphatic rings. The van der Waals surface area contributed by atoms with Gasteiger partial charge in [-0.05, 0) is 38.2 Å². The maximum Gasteiger partial charge on any atom is 0.193 e. The first-order valence-corrected chi connectivity index (χ1v) is 10.4. The lowest BCUT2D eigenvalue weighted by atomic mass is 10.2. The highest BCUT2D eigenvalue weighted by Gasteiger charge is 2.22. The average molecular weight is 516 g/mol. The Morgan fingerprint density at radius 1 is 1.03 bits per heavy atom. The number of anilines is 1. The molecule has 1 unspecified atom stereocenters. The van der Waals surface area contributed by atoms with Gasteiger partial charge >= 0.3 is 0 Å². The zero-order valence-corrected chi connectivity index (χ0v) is 20.6. The number of aliphatic imine (C=N–C) groups is 1. The van der Waals surface area contributed by atoms with Crippen molar-refractivity contribution < 1.29 is 4.74 Å². The Kier molecular flexibility index (Phi) is 9.78. The molecule has 0 bridgehead atoms. The summed E-state index contributed by atoms with van der Waals surface area (Å²) in [6.07, 6.45) is 0. The largest absolute Gasteiger partial charge is 0.497 e. The summed E-state index contributed by atoms with van der Waals surface area (Å²) in [4.78, 5) is 14.3. The molecule has 1 aromatic carbocycles. The predicted molar refractivity (Wildman–Crippen MR) is 132 cm³/mol. The maximum absolute atomic E-state index is 5.26. The van der Waals surface area contributed by atoms with E-state index in [0.717, 1.165) is 70.6 Å². The topological polar surface area (TPSA) is 46.6 Å². The molecule has 1 N–H and O–H groups in total. The highest BCUT2D eigenvalue weighted by Crippen LogP contribution is 2.20. The molecule has 0 aliphatic carbocycles. The standard InChI is InChI=1S/C21H36N6O.HI/c1-18(25-11-9-24(3)10-12-25)17-23-21(22-2)27-15-13-26(14-16-27)19-5-7-20(28-4)8-6-19;/h5-8,18H,9-17H2,1-4H3,(H,22,23);1H. The summed E-state index contributed by atoms with van der Waals surface area (Å²) in [6.45, 7) is 11.8. The van der Waals surface area contributed by atoms with E-state index in [4.69, 9.17) is 4.74 Å². The second-order valence-corrected chi connectivity index (χ2v) is 7.79. The lowest BCUT2D eigenvalue weighted by molar-refractivity contribution is 0.119. The summed E-state index contributed by atoms with van der Waals surface area (Å²) in [5, 5.41) is 3.60. The molecular weight excluding hydrogens is 479 g/mol. The lowest BCUT2D eigenvalue weighted by Crippen LogP contribution is -2.55. The molecule has 0 radical (unpaired) electrons. The van der Waals surface area contributed by atoms with Crippen LogP contribution in [0.5, 0.6) is 5.75 Å². The van der Waals surface area contributed by atoms with Crippen molar-refractivity contribution in [3.8, 4) is 5.75 Å². The SMILES string of the molecule is CN=C(NCC(C)N1CCN(C)CC1)N1CCN(c2ccc(OC)cc2)CC1.I. The van der Waals surface area contributed by atoms with Crippen LogP contribution >= 0.6 is 24.0 Å². The Morgan fingerprint density at radius 3 is 2.21 bits per heavy atom. The number of halogens is 1. The number of nitrogens with one attached hydrogen (secondary N) is 1. The fourth-order valence-electron chi connectivity index (χ4n) is 3.93. The van der Waals surface area contributed by atoms with Crippen molar-refractivity contribution in [2.75, 3.05) is 85.0 Å². The minimum atomic E-state index is 0. The monoisotopic (exact) mass is 516 g/mol. The first-order valence-electron chi connectivity index (χ1n) is 10.4. The predicted octanol–water partition coefficient (Wildman–Crippen LogP) is 1.65. The minimum absolute atomic E-state index is 0. The lowest BCUT2D eigenvalue weighted by Gasteiger charge is -2.39. The molecule has 1 aromatic rings. The Balaban J connectivity index is 0.00000300. The van der Waals surface area contributed by atoms with Crippen molar-refractivity contribution in [2.24, 2.45) is 4.99 Å². The quantitative estimate of drug-likeness (QED) is 0.365. The van der Waals surface area contributed by atoms with Gasteiger partial charge in [0.25, 0.3) is 0 Å². The Hall–Kier alpha value is -1.26. The number of nitrogens with zero attached hydrogens (tertiary/aromatic N) is 5. The van der Waals surface area contributed by atoms with Gasteiger partial charge in [0.2, 0.25) is 0 Å². The molecule has 0 amide bonds. The van der Waals surface area contributed by atoms with Crippen LogP contribution in [-0.4, -0.2) is 107 Å². The average Bonchev–Trinajstić information content (AvgIpc) is 2.75. The molecule has 3 rings (SSSR count). The van der Waals surface area contributed by atoms with Crippen LogP contribution in [0.1, 0.15) is 6.92 Å². The van der Waals surface area contributed by atoms with Crippen LogP contribution in [0, 0.1) is 0 Å². The number of likely N-dealkylation sites (N-methyl/N-ethyl adjacent to an activating group) is 1. The van der Waals surface area contributed by atoms with E-state index >= 15 is 0 Å². The van der Waals surface area contributed by atoms with Gasteiger partial charge in [-0.2, -0.15) is 0 Å². The molecule has 29 heavy (non-hydrogen) atoms. The number of piperazine rings is 2. The molecular formula is C21H37IN6O. The van der Waals surface area contributed by atoms with Crippen LogP contribution in [0.15, 0.2) is 29.3 Å². The molecule has 7 nitrogen and oxygen atoms in total. The number of ether oxygens (including phenoxy) is 1. The van der Waals surface area contributed by atoms with Gasteiger partial charge in [0.15, 0.2) is 5.96 Å². The molecule has 0 saturated carbocycles. The van der Waals surface area contributed by atoms with Crippen molar-refractivity contribution in [3.05, 3.63) is 24.3 Å². The van der Waals surface area contributed by atoms with E-state index in [0.29, 0.717) is 6.04 Å². The van der Waals surface area contributed by atoms with E-state index in [1.54, 1.807) is 7.11 Å². The normalized spacial score (nSPS) is 20.2. The van der Waals surface area contributed by atoms with Crippen LogP contribution in [0.4, 0.5) is 5.69 Å². The fourth-order valence-corrected chi connectivity index (χ4v) is 3.93. The van der Waals surface area contributed by atoms with Crippen molar-refractivity contribution in [1.29, 1.82) is 0 Å². The van der Waals surface area contributed by atoms with Gasteiger partial charge in [-0.3, -0.25) is 9.89 Å². The van der Waals surface area contributed by atoms with Crippen molar-refractivity contribution >= 4 is 35.6 Å². The van der Waals surface area contributed by atoms with Crippen LogP contribution in [0.2, 0.25) is 0 Å². The molecule has 2 aliphatic heterocycles. The van der Waals surface area contributed by atoms with Gasteiger partial charge < -0.3 is 24.8 Å². The Labute approximate surface area is 193 Å². The summed E-state index contributed by atoms with van der Waals surface area (Å²) in [7, 11) is 5.80. The van der Waals surface area contributed by atoms with E-state index in [-0.39, 0.29) is 24.0 Å². The summed E-state index contributed by atoms with van der Waals surface area (Å²) < 4.78 is 5.26. The second kappa shape index (κ2) is 11.8. The highest BCUT2D eigenvalue weighted by atomic mass is 127. The zero-order valence-electron chi connectivity index (χ0n) is 18.3. The second-order valence-electron chi connectivity index (χ2n) is 7.79. The van der Waals surface area contributed by atoms with Gasteiger partial charge in [0, 0.05) is 77.7 Å². The third kappa shape index (κ3) is 6.62. The highest BCUT2D eigenvalue weighted by molar-refractivity contribution is 14.0. The van der Waals surface area contributed by atoms with Gasteiger partial charge in [-0.25, -0.2) is 0 Å². The number of benzene rings is 1. The molecule has 0 spiro atoms. The summed E-state index contributed by atoms with van der Waals surface area (Å²) >= 11 is 0. The smallest absolute Gasteiger partial charge is 0.193 e. The molecule has 164 valence electrons. The van der Waals surface area contributed by atoms with Crippen molar-refractivity contribution in [1.82, 2.24) is 20.0 Å². The molecule has 2 fully saturated rings. The fraction of sp³-hybridized carbons (Fsp3) is 0.667. The number of guanidine groups is 1. The molecule has 0 aromatic heterocycles. The number of hydrogen-bond acceptors (Lipinski definition) is 5. The summed E-state index contributed by atoms with van der Waals surface area (Å²) in [5.74, 6) is 1.93. The number of hydrogen-bond donors (Lipinski definition) is 1. The van der Waals surface area contributed by atoms with E-state index < -0.39 is 0 Å². The minimum Gasteiger partial charge on any atom is -0.497 e. The van der Waals surface area contributed by atoms with E-state index in [9.17, 15) is 0 Å². The van der Waals surface area contributed by atoms with Crippen molar-refractivity contribution in [2.45, 2.75) is 13.0 Å². The van der Waals surface area contributed by atoms with Crippen LogP contribution in [0.25, 0.3) is 0 Å². The molecule has 2 heterocycles. The molecule has 2 saturated heterocycles. The maximum atomic E-state index is 5.26. The van der Waals surface area contributed by atoms with Crippen LogP contribution in [-0.2, 0) is 0 Å². The zero-order chi connectivity index (χ0) is 19.9. The third-order valence-electron chi connectivity index (χ3n) is 5.95. The summed E-state index contributed by atoms with van der Waals surface area (Å²) in [6, 6.07) is 8.86. The van der Waals surface area contributed by atoms with E-state index in [1.165, 1.54) is 5.69 Å². The number of methoxy groups -OCH3 is 1. The molecule has 8 heteroatoms. The number of rotatable bonds is 5. The molecule has 1 atom stereocenters. The van der Waals surface area contributed by atoms with E-state index in [1.807, 2.05) is 19.2 Å². The van der Waals surface area contributed by atoms with Gasteiger partial charge in [0.05, 0.1) is 7.11 Å². The van der Waals surface area contributed by atoms with Gasteiger partial charge in [-0.15, -0.1) is 24.0 Å². The van der Waals surface area contributed by atoms with Crippen LogP contribution < -0.4 is 15.0 Å². The van der Waals surface area contributed by atoms with Crippen molar-refractivity contribution in [3.63, 3.8) is 0 Å².